The average molecular weight is 274 g/mol. The fourth-order valence-electron chi connectivity index (χ4n) is 2.92. The summed E-state index contributed by atoms with van der Waals surface area (Å²) >= 11 is 2.00. The molecule has 0 saturated carbocycles. The Kier molecular flexibility index (Phi) is 5.97. The van der Waals surface area contributed by atoms with Crippen LogP contribution in [0.3, 0.4) is 0 Å². The molecule has 1 aliphatic heterocycles. The highest BCUT2D eigenvalue weighted by Gasteiger charge is 2.39. The molecule has 0 bridgehead atoms. The summed E-state index contributed by atoms with van der Waals surface area (Å²) in [6.45, 7) is 13.6. The zero-order valence-corrected chi connectivity index (χ0v) is 13.5. The van der Waals surface area contributed by atoms with Crippen LogP contribution in [-0.4, -0.2) is 53.3 Å². The molecule has 3 nitrogen and oxygen atoms in total. The van der Waals surface area contributed by atoms with Crippen LogP contribution in [0.15, 0.2) is 0 Å². The van der Waals surface area contributed by atoms with Gasteiger partial charge in [-0.3, -0.25) is 4.90 Å². The maximum Gasteiger partial charge on any atom is 0.0760 e. The third-order valence-electron chi connectivity index (χ3n) is 3.31. The number of nitrogens with two attached hydrogens (primary N) is 1. The van der Waals surface area contributed by atoms with Crippen LogP contribution in [0.2, 0.25) is 0 Å². The lowest BCUT2D eigenvalue weighted by atomic mass is 9.96. The van der Waals surface area contributed by atoms with Crippen molar-refractivity contribution < 1.29 is 4.74 Å². The van der Waals surface area contributed by atoms with Crippen LogP contribution in [0.25, 0.3) is 0 Å². The van der Waals surface area contributed by atoms with Gasteiger partial charge in [-0.15, -0.1) is 0 Å². The Bertz CT molecular complexity index is 240. The molecule has 0 spiro atoms. The van der Waals surface area contributed by atoms with E-state index in [-0.39, 0.29) is 11.2 Å². The zero-order chi connectivity index (χ0) is 13.8. The maximum absolute atomic E-state index is 6.12. The lowest BCUT2D eigenvalue weighted by Crippen LogP contribution is -2.60. The van der Waals surface area contributed by atoms with Crippen molar-refractivity contribution in [3.8, 4) is 0 Å². The van der Waals surface area contributed by atoms with Crippen LogP contribution in [0.4, 0.5) is 0 Å². The molecule has 1 fully saturated rings. The van der Waals surface area contributed by atoms with Crippen molar-refractivity contribution in [2.45, 2.75) is 58.3 Å². The number of hydrogen-bond donors (Lipinski definition) is 1. The zero-order valence-electron chi connectivity index (χ0n) is 12.7. The van der Waals surface area contributed by atoms with Gasteiger partial charge < -0.3 is 10.5 Å². The molecular formula is C14H30N2OS. The fraction of sp³-hybridized carbons (Fsp3) is 1.00. The van der Waals surface area contributed by atoms with E-state index < -0.39 is 0 Å². The quantitative estimate of drug-likeness (QED) is 0.755. The van der Waals surface area contributed by atoms with Gasteiger partial charge in [-0.2, -0.15) is 11.8 Å². The van der Waals surface area contributed by atoms with Gasteiger partial charge in [0.2, 0.25) is 0 Å². The molecule has 1 unspecified atom stereocenters. The van der Waals surface area contributed by atoms with Gasteiger partial charge in [-0.05, 0) is 45.6 Å². The highest BCUT2D eigenvalue weighted by atomic mass is 32.2. The smallest absolute Gasteiger partial charge is 0.0760 e. The van der Waals surface area contributed by atoms with Crippen molar-refractivity contribution in [2.75, 3.05) is 31.1 Å². The lowest BCUT2D eigenvalue weighted by Gasteiger charge is -2.49. The number of nitrogens with zero attached hydrogens (tertiary/aromatic N) is 1. The van der Waals surface area contributed by atoms with E-state index in [1.807, 2.05) is 11.8 Å². The Labute approximate surface area is 117 Å². The normalized spacial score (nSPS) is 25.0. The van der Waals surface area contributed by atoms with Gasteiger partial charge in [0.05, 0.1) is 11.2 Å². The number of rotatable bonds is 6. The second-order valence-corrected chi connectivity index (χ2v) is 7.80. The lowest BCUT2D eigenvalue weighted by molar-refractivity contribution is -0.187. The molecule has 0 aromatic heterocycles. The van der Waals surface area contributed by atoms with Crippen molar-refractivity contribution in [1.29, 1.82) is 0 Å². The Morgan fingerprint density at radius 3 is 2.22 bits per heavy atom. The van der Waals surface area contributed by atoms with E-state index in [0.717, 1.165) is 19.6 Å². The number of morpholine rings is 1. The number of ether oxygens (including phenoxy) is 1. The first-order chi connectivity index (χ1) is 8.29. The predicted molar refractivity (Wildman–Crippen MR) is 81.3 cm³/mol. The van der Waals surface area contributed by atoms with Crippen molar-refractivity contribution in [3.05, 3.63) is 0 Å². The second kappa shape index (κ2) is 6.60. The van der Waals surface area contributed by atoms with E-state index in [4.69, 9.17) is 10.5 Å². The Morgan fingerprint density at radius 1 is 1.22 bits per heavy atom. The van der Waals surface area contributed by atoms with E-state index >= 15 is 0 Å². The van der Waals surface area contributed by atoms with E-state index in [1.165, 1.54) is 17.9 Å². The summed E-state index contributed by atoms with van der Waals surface area (Å²) in [6, 6.07) is 0.492. The molecule has 18 heavy (non-hydrogen) atoms. The predicted octanol–water partition coefficient (Wildman–Crippen LogP) is 2.35. The van der Waals surface area contributed by atoms with Crippen LogP contribution in [0.5, 0.6) is 0 Å². The maximum atomic E-state index is 6.12. The van der Waals surface area contributed by atoms with Crippen molar-refractivity contribution >= 4 is 11.8 Å². The molecule has 1 aliphatic rings. The van der Waals surface area contributed by atoms with E-state index in [1.54, 1.807) is 0 Å². The molecule has 0 amide bonds. The second-order valence-electron chi connectivity index (χ2n) is 6.40. The van der Waals surface area contributed by atoms with Crippen molar-refractivity contribution in [1.82, 2.24) is 4.90 Å². The van der Waals surface area contributed by atoms with Crippen LogP contribution in [0, 0.1) is 0 Å². The molecule has 108 valence electrons. The molecule has 1 heterocycles. The first kappa shape index (κ1) is 16.3. The summed E-state index contributed by atoms with van der Waals surface area (Å²) in [6.07, 6.45) is 1.18. The van der Waals surface area contributed by atoms with E-state index in [9.17, 15) is 0 Å². The van der Waals surface area contributed by atoms with Gasteiger partial charge in [0.25, 0.3) is 0 Å². The molecule has 1 rings (SSSR count). The summed E-state index contributed by atoms with van der Waals surface area (Å²) < 4.78 is 6.12. The Balaban J connectivity index is 2.61. The largest absolute Gasteiger partial charge is 0.367 e. The van der Waals surface area contributed by atoms with Gasteiger partial charge >= 0.3 is 0 Å². The minimum atomic E-state index is -0.0763. The van der Waals surface area contributed by atoms with E-state index in [2.05, 4.69) is 39.5 Å². The topological polar surface area (TPSA) is 38.5 Å². The third-order valence-corrected chi connectivity index (χ3v) is 4.24. The molecule has 0 radical (unpaired) electrons. The van der Waals surface area contributed by atoms with Crippen LogP contribution in [-0.2, 0) is 4.74 Å². The summed E-state index contributed by atoms with van der Waals surface area (Å²) in [5.74, 6) is 2.40. The monoisotopic (exact) mass is 274 g/mol. The van der Waals surface area contributed by atoms with Gasteiger partial charge in [0.15, 0.2) is 0 Å². The minimum Gasteiger partial charge on any atom is -0.367 e. The van der Waals surface area contributed by atoms with E-state index in [0.29, 0.717) is 6.04 Å². The Hall–Kier alpha value is 0.230. The van der Waals surface area contributed by atoms with Crippen molar-refractivity contribution in [2.24, 2.45) is 5.73 Å². The average Bonchev–Trinajstić information content (AvgIpc) is 2.20. The SMILES string of the molecule is CCSCCC(CN)N1CC(C)(C)OC(C)(C)C1. The molecule has 1 atom stereocenters. The molecule has 0 aromatic carbocycles. The summed E-state index contributed by atoms with van der Waals surface area (Å²) in [7, 11) is 0. The summed E-state index contributed by atoms with van der Waals surface area (Å²) in [5.41, 5.74) is 5.82. The number of hydrogen-bond acceptors (Lipinski definition) is 4. The fourth-order valence-corrected chi connectivity index (χ4v) is 3.65. The van der Waals surface area contributed by atoms with Gasteiger partial charge in [0.1, 0.15) is 0 Å². The standard InChI is InChI=1S/C14H30N2OS/c1-6-18-8-7-12(9-15)16-10-13(2,3)17-14(4,5)11-16/h12H,6-11,15H2,1-5H3. The van der Waals surface area contributed by atoms with Crippen LogP contribution < -0.4 is 5.73 Å². The molecule has 0 aliphatic carbocycles. The van der Waals surface area contributed by atoms with Crippen LogP contribution in [0.1, 0.15) is 41.0 Å². The third kappa shape index (κ3) is 5.08. The Morgan fingerprint density at radius 2 is 1.78 bits per heavy atom. The summed E-state index contributed by atoms with van der Waals surface area (Å²) in [4.78, 5) is 2.53. The molecular weight excluding hydrogens is 244 g/mol. The van der Waals surface area contributed by atoms with Gasteiger partial charge in [-0.1, -0.05) is 6.92 Å². The van der Waals surface area contributed by atoms with Gasteiger partial charge in [-0.25, -0.2) is 0 Å². The van der Waals surface area contributed by atoms with Crippen molar-refractivity contribution in [3.63, 3.8) is 0 Å². The highest BCUT2D eigenvalue weighted by Crippen LogP contribution is 2.29. The number of thioether (sulfide) groups is 1. The van der Waals surface area contributed by atoms with Crippen LogP contribution >= 0.6 is 11.8 Å². The highest BCUT2D eigenvalue weighted by molar-refractivity contribution is 7.99. The molecule has 4 heteroatoms. The molecule has 0 aromatic rings. The minimum absolute atomic E-state index is 0.0763. The molecule has 1 saturated heterocycles. The first-order valence-electron chi connectivity index (χ1n) is 7.02. The van der Waals surface area contributed by atoms with Gasteiger partial charge in [0, 0.05) is 25.7 Å². The first-order valence-corrected chi connectivity index (χ1v) is 8.17. The summed E-state index contributed by atoms with van der Waals surface area (Å²) in [5, 5.41) is 0. The molecule has 2 N–H and O–H groups in total.